The SMILES string of the molecule is CCc1cc(Nc2nc(NC3CCOCC3)c(-c3ncccc3C)nc2C(N)=O)ccc1N1CCC2(CC1)CN(C)C2. The van der Waals surface area contributed by atoms with E-state index in [2.05, 4.69) is 57.6 Å². The number of hydrogen-bond donors (Lipinski definition) is 3. The number of aromatic nitrogens is 3. The first-order valence-corrected chi connectivity index (χ1v) is 15.2. The standard InChI is InChI=1S/C32H42N8O2/c1-4-22-18-24(7-8-25(22)40-14-11-32(12-15-40)19-39(3)20-32)36-31-28(29(33)41)37-27(26-21(2)6-5-13-34-26)30(38-31)35-23-9-16-42-17-10-23/h5-8,13,18,23H,4,9-12,14-17,19-20H2,1-3H3,(H2,33,41)(H2,35,36,38). The Balaban J connectivity index is 1.30. The molecule has 10 heteroatoms. The van der Waals surface area contributed by atoms with Crippen molar-refractivity contribution in [3.63, 3.8) is 0 Å². The van der Waals surface area contributed by atoms with Crippen molar-refractivity contribution in [3.8, 4) is 11.4 Å². The fourth-order valence-electron chi connectivity index (χ4n) is 6.76. The van der Waals surface area contributed by atoms with E-state index in [0.29, 0.717) is 41.7 Å². The molecule has 3 fully saturated rings. The zero-order valence-electron chi connectivity index (χ0n) is 24.9. The summed E-state index contributed by atoms with van der Waals surface area (Å²) in [5.74, 6) is 0.263. The lowest BCUT2D eigenvalue weighted by atomic mass is 9.72. The third-order valence-electron chi connectivity index (χ3n) is 9.02. The molecular weight excluding hydrogens is 528 g/mol. The number of carbonyl (C=O) groups excluding carboxylic acids is 1. The van der Waals surface area contributed by atoms with Crippen molar-refractivity contribution in [1.29, 1.82) is 0 Å². The topological polar surface area (TPSA) is 122 Å². The van der Waals surface area contributed by atoms with E-state index in [1.54, 1.807) is 6.20 Å². The Labute approximate surface area is 248 Å². The molecule has 3 saturated heterocycles. The number of nitrogens with one attached hydrogen (secondary N) is 2. The Hall–Kier alpha value is -3.76. The molecule has 2 aromatic heterocycles. The van der Waals surface area contributed by atoms with Gasteiger partial charge in [-0.05, 0) is 86.9 Å². The van der Waals surface area contributed by atoms with Gasteiger partial charge in [0.15, 0.2) is 17.3 Å². The minimum Gasteiger partial charge on any atom is -0.381 e. The van der Waals surface area contributed by atoms with Gasteiger partial charge in [-0.2, -0.15) is 0 Å². The number of aryl methyl sites for hydroxylation is 2. The molecule has 3 aromatic rings. The third kappa shape index (κ3) is 5.78. The average Bonchev–Trinajstić information content (AvgIpc) is 2.98. The summed E-state index contributed by atoms with van der Waals surface area (Å²) in [4.78, 5) is 31.9. The van der Waals surface area contributed by atoms with Crippen LogP contribution in [0.25, 0.3) is 11.4 Å². The lowest BCUT2D eigenvalue weighted by Crippen LogP contribution is -2.58. The lowest BCUT2D eigenvalue weighted by molar-refractivity contribution is 0.00130. The van der Waals surface area contributed by atoms with Crippen LogP contribution < -0.4 is 21.3 Å². The van der Waals surface area contributed by atoms with Crippen LogP contribution >= 0.6 is 0 Å². The molecule has 0 radical (unpaired) electrons. The molecule has 42 heavy (non-hydrogen) atoms. The quantitative estimate of drug-likeness (QED) is 0.362. The van der Waals surface area contributed by atoms with Crippen LogP contribution in [-0.4, -0.2) is 78.2 Å². The maximum Gasteiger partial charge on any atom is 0.271 e. The van der Waals surface area contributed by atoms with E-state index in [9.17, 15) is 4.79 Å². The summed E-state index contributed by atoms with van der Waals surface area (Å²) < 4.78 is 5.56. The van der Waals surface area contributed by atoms with Crippen LogP contribution in [0, 0.1) is 12.3 Å². The van der Waals surface area contributed by atoms with Gasteiger partial charge in [0.25, 0.3) is 5.91 Å². The van der Waals surface area contributed by atoms with Gasteiger partial charge in [-0.3, -0.25) is 9.78 Å². The predicted octanol–water partition coefficient (Wildman–Crippen LogP) is 4.37. The molecule has 0 atom stereocenters. The van der Waals surface area contributed by atoms with E-state index in [1.165, 1.54) is 37.2 Å². The van der Waals surface area contributed by atoms with E-state index in [4.69, 9.17) is 20.4 Å². The molecule has 6 rings (SSSR count). The van der Waals surface area contributed by atoms with Gasteiger partial charge in [0, 0.05) is 63.0 Å². The van der Waals surface area contributed by atoms with Crippen LogP contribution in [0.15, 0.2) is 36.5 Å². The van der Waals surface area contributed by atoms with Crippen molar-refractivity contribution >= 4 is 28.9 Å². The fourth-order valence-corrected chi connectivity index (χ4v) is 6.76. The molecule has 0 bridgehead atoms. The Morgan fingerprint density at radius 1 is 1.10 bits per heavy atom. The first-order chi connectivity index (χ1) is 20.3. The van der Waals surface area contributed by atoms with Crippen molar-refractivity contribution in [2.75, 3.05) is 62.0 Å². The molecule has 0 unspecified atom stereocenters. The summed E-state index contributed by atoms with van der Waals surface area (Å²) in [6.07, 6.45) is 6.82. The van der Waals surface area contributed by atoms with Crippen molar-refractivity contribution in [2.45, 2.75) is 52.0 Å². The number of benzene rings is 1. The number of hydrogen-bond acceptors (Lipinski definition) is 9. The summed E-state index contributed by atoms with van der Waals surface area (Å²) in [5.41, 5.74) is 12.0. The van der Waals surface area contributed by atoms with Gasteiger partial charge in [-0.25, -0.2) is 9.97 Å². The van der Waals surface area contributed by atoms with Gasteiger partial charge in [-0.15, -0.1) is 0 Å². The highest BCUT2D eigenvalue weighted by atomic mass is 16.5. The summed E-state index contributed by atoms with van der Waals surface area (Å²) in [6.45, 7) is 10.1. The van der Waals surface area contributed by atoms with Gasteiger partial charge in [0.1, 0.15) is 5.69 Å². The number of carbonyl (C=O) groups is 1. The van der Waals surface area contributed by atoms with E-state index in [1.807, 2.05) is 19.1 Å². The number of primary amides is 1. The predicted molar refractivity (Wildman–Crippen MR) is 166 cm³/mol. The summed E-state index contributed by atoms with van der Waals surface area (Å²) in [7, 11) is 2.21. The minimum absolute atomic E-state index is 0.0847. The zero-order valence-corrected chi connectivity index (χ0v) is 24.9. The van der Waals surface area contributed by atoms with E-state index in [-0.39, 0.29) is 11.7 Å². The summed E-state index contributed by atoms with van der Waals surface area (Å²) >= 11 is 0. The number of anilines is 4. The molecule has 222 valence electrons. The number of pyridine rings is 1. The number of amides is 1. The highest BCUT2D eigenvalue weighted by molar-refractivity contribution is 5.97. The van der Waals surface area contributed by atoms with Crippen molar-refractivity contribution in [2.24, 2.45) is 11.1 Å². The maximum absolute atomic E-state index is 12.7. The maximum atomic E-state index is 12.7. The monoisotopic (exact) mass is 570 g/mol. The van der Waals surface area contributed by atoms with Crippen molar-refractivity contribution < 1.29 is 9.53 Å². The molecular formula is C32H42N8O2. The van der Waals surface area contributed by atoms with Crippen molar-refractivity contribution in [1.82, 2.24) is 19.9 Å². The number of nitrogens with zero attached hydrogens (tertiary/aromatic N) is 5. The molecule has 0 saturated carbocycles. The summed E-state index contributed by atoms with van der Waals surface area (Å²) in [6, 6.07) is 10.4. The highest BCUT2D eigenvalue weighted by Crippen LogP contribution is 2.41. The van der Waals surface area contributed by atoms with Gasteiger partial charge in [0.2, 0.25) is 0 Å². The van der Waals surface area contributed by atoms with E-state index in [0.717, 1.165) is 43.6 Å². The van der Waals surface area contributed by atoms with Gasteiger partial charge < -0.3 is 30.9 Å². The Morgan fingerprint density at radius 3 is 2.52 bits per heavy atom. The first kappa shape index (κ1) is 28.4. The molecule has 3 aliphatic rings. The molecule has 1 aromatic carbocycles. The second-order valence-electron chi connectivity index (χ2n) is 12.2. The Morgan fingerprint density at radius 2 is 1.86 bits per heavy atom. The molecule has 5 heterocycles. The number of piperidine rings is 1. The number of ether oxygens (including phenoxy) is 1. The number of rotatable bonds is 8. The molecule has 4 N–H and O–H groups in total. The smallest absolute Gasteiger partial charge is 0.271 e. The molecule has 0 aliphatic carbocycles. The van der Waals surface area contributed by atoms with Gasteiger partial charge >= 0.3 is 0 Å². The Bertz CT molecular complexity index is 1440. The largest absolute Gasteiger partial charge is 0.381 e. The van der Waals surface area contributed by atoms with Crippen molar-refractivity contribution in [3.05, 3.63) is 53.3 Å². The molecule has 1 spiro atoms. The molecule has 1 amide bonds. The van der Waals surface area contributed by atoms with Gasteiger partial charge in [0.05, 0.1) is 5.69 Å². The number of nitrogens with two attached hydrogens (primary N) is 1. The van der Waals surface area contributed by atoms with Crippen LogP contribution in [0.4, 0.5) is 23.0 Å². The van der Waals surface area contributed by atoms with Crippen LogP contribution in [0.5, 0.6) is 0 Å². The first-order valence-electron chi connectivity index (χ1n) is 15.2. The average molecular weight is 571 g/mol. The van der Waals surface area contributed by atoms with Crippen LogP contribution in [0.2, 0.25) is 0 Å². The minimum atomic E-state index is -0.645. The Kier molecular flexibility index (Phi) is 8.00. The van der Waals surface area contributed by atoms with Crippen LogP contribution in [0.3, 0.4) is 0 Å². The van der Waals surface area contributed by atoms with Crippen LogP contribution in [-0.2, 0) is 11.2 Å². The second-order valence-corrected chi connectivity index (χ2v) is 12.2. The second kappa shape index (κ2) is 11.9. The molecule has 10 nitrogen and oxygen atoms in total. The molecule has 3 aliphatic heterocycles. The number of likely N-dealkylation sites (tertiary alicyclic amines) is 1. The van der Waals surface area contributed by atoms with Crippen LogP contribution in [0.1, 0.15) is 54.2 Å². The fraction of sp³-hybridized carbons (Fsp3) is 0.500. The highest BCUT2D eigenvalue weighted by Gasteiger charge is 2.43. The summed E-state index contributed by atoms with van der Waals surface area (Å²) in [5, 5.41) is 6.95. The normalized spacial score (nSPS) is 19.0. The van der Waals surface area contributed by atoms with E-state index >= 15 is 0 Å². The third-order valence-corrected chi connectivity index (χ3v) is 9.02. The zero-order chi connectivity index (χ0) is 29.3. The van der Waals surface area contributed by atoms with E-state index < -0.39 is 5.91 Å². The lowest BCUT2D eigenvalue weighted by Gasteiger charge is -2.53. The van der Waals surface area contributed by atoms with Gasteiger partial charge in [-0.1, -0.05) is 13.0 Å².